The Bertz CT molecular complexity index is 259. The summed E-state index contributed by atoms with van der Waals surface area (Å²) in [4.78, 5) is 2.56. The Morgan fingerprint density at radius 2 is 1.59 bits per heavy atom. The van der Waals surface area contributed by atoms with Crippen LogP contribution in [0.2, 0.25) is 0 Å². The summed E-state index contributed by atoms with van der Waals surface area (Å²) in [5, 5.41) is 9.77. The van der Waals surface area contributed by atoms with Gasteiger partial charge in [0.2, 0.25) is 0 Å². The van der Waals surface area contributed by atoms with Gasteiger partial charge in [-0.1, -0.05) is 19.3 Å². The molecule has 0 amide bonds. The zero-order valence-electron chi connectivity index (χ0n) is 10.8. The average molecular weight is 239 g/mol. The molecule has 3 nitrogen and oxygen atoms in total. The molecular formula is C14H25NO2. The topological polar surface area (TPSA) is 32.7 Å². The van der Waals surface area contributed by atoms with E-state index in [0.717, 1.165) is 26.1 Å². The second-order valence-electron chi connectivity index (χ2n) is 6.41. The smallest absolute Gasteiger partial charge is 0.0617 e. The Hall–Kier alpha value is -0.120. The highest BCUT2D eigenvalue weighted by atomic mass is 16.5. The number of ether oxygens (including phenoxy) is 1. The number of likely N-dealkylation sites (tertiary alicyclic amines) is 1. The van der Waals surface area contributed by atoms with Gasteiger partial charge in [-0.2, -0.15) is 0 Å². The lowest BCUT2D eigenvalue weighted by Gasteiger charge is -2.60. The molecular weight excluding hydrogens is 214 g/mol. The lowest BCUT2D eigenvalue weighted by Crippen LogP contribution is -2.68. The summed E-state index contributed by atoms with van der Waals surface area (Å²) in [6.45, 7) is 4.42. The molecule has 3 aliphatic rings. The number of hydrogen-bond donors (Lipinski definition) is 1. The summed E-state index contributed by atoms with van der Waals surface area (Å²) >= 11 is 0. The summed E-state index contributed by atoms with van der Waals surface area (Å²) in [5.74, 6) is 0. The summed E-state index contributed by atoms with van der Waals surface area (Å²) in [7, 11) is 0. The molecule has 2 saturated heterocycles. The van der Waals surface area contributed by atoms with Crippen LogP contribution in [-0.2, 0) is 4.74 Å². The van der Waals surface area contributed by atoms with Gasteiger partial charge in [0.1, 0.15) is 0 Å². The number of aliphatic hydroxyl groups excluding tert-OH is 1. The van der Waals surface area contributed by atoms with E-state index in [0.29, 0.717) is 12.0 Å². The lowest BCUT2D eigenvalue weighted by molar-refractivity contribution is -0.144. The predicted octanol–water partition coefficient (Wildman–Crippen LogP) is 1.79. The Morgan fingerprint density at radius 3 is 2.18 bits per heavy atom. The molecule has 0 aromatic rings. The molecule has 0 atom stereocenters. The molecule has 98 valence electrons. The maximum absolute atomic E-state index is 9.77. The molecule has 2 heterocycles. The van der Waals surface area contributed by atoms with Gasteiger partial charge in [-0.15, -0.1) is 0 Å². The Morgan fingerprint density at radius 1 is 0.941 bits per heavy atom. The minimum Gasteiger partial charge on any atom is -0.394 e. The zero-order chi connectivity index (χ0) is 11.8. The fraction of sp³-hybridized carbons (Fsp3) is 1.00. The summed E-state index contributed by atoms with van der Waals surface area (Å²) < 4.78 is 5.44. The maximum atomic E-state index is 9.77. The van der Waals surface area contributed by atoms with Gasteiger partial charge >= 0.3 is 0 Å². The van der Waals surface area contributed by atoms with Crippen molar-refractivity contribution in [3.63, 3.8) is 0 Å². The molecule has 2 aliphatic heterocycles. The number of hydrogen-bond acceptors (Lipinski definition) is 3. The van der Waals surface area contributed by atoms with Crippen LogP contribution in [0.4, 0.5) is 0 Å². The molecule has 0 bridgehead atoms. The van der Waals surface area contributed by atoms with Crippen molar-refractivity contribution in [2.75, 3.05) is 32.9 Å². The molecule has 0 unspecified atom stereocenters. The van der Waals surface area contributed by atoms with Crippen molar-refractivity contribution in [2.24, 2.45) is 5.41 Å². The van der Waals surface area contributed by atoms with Crippen LogP contribution in [0.15, 0.2) is 0 Å². The standard InChI is InChI=1S/C14H25NO2/c16-12-14(6-8-17-9-7-14)15-10-13(11-15)4-2-1-3-5-13/h16H,1-12H2. The lowest BCUT2D eigenvalue weighted by atomic mass is 9.66. The van der Waals surface area contributed by atoms with Gasteiger partial charge < -0.3 is 9.84 Å². The van der Waals surface area contributed by atoms with E-state index in [1.807, 2.05) is 0 Å². The van der Waals surface area contributed by atoms with E-state index in [9.17, 15) is 5.11 Å². The normalized spacial score (nSPS) is 32.3. The largest absolute Gasteiger partial charge is 0.394 e. The highest BCUT2D eigenvalue weighted by Crippen LogP contribution is 2.47. The fourth-order valence-corrected chi connectivity index (χ4v) is 4.04. The van der Waals surface area contributed by atoms with E-state index in [1.165, 1.54) is 45.2 Å². The first-order chi connectivity index (χ1) is 8.29. The second-order valence-corrected chi connectivity index (χ2v) is 6.41. The maximum Gasteiger partial charge on any atom is 0.0617 e. The van der Waals surface area contributed by atoms with E-state index in [1.54, 1.807) is 0 Å². The van der Waals surface area contributed by atoms with E-state index in [-0.39, 0.29) is 5.54 Å². The molecule has 0 aromatic carbocycles. The van der Waals surface area contributed by atoms with Gasteiger partial charge in [0, 0.05) is 31.8 Å². The SMILES string of the molecule is OCC1(N2CC3(CCCCC3)C2)CCOCC1. The first kappa shape index (κ1) is 11.9. The van der Waals surface area contributed by atoms with Crippen LogP contribution in [-0.4, -0.2) is 48.5 Å². The number of nitrogens with zero attached hydrogens (tertiary/aromatic N) is 1. The van der Waals surface area contributed by atoms with Crippen molar-refractivity contribution in [1.82, 2.24) is 4.90 Å². The molecule has 17 heavy (non-hydrogen) atoms. The van der Waals surface area contributed by atoms with E-state index in [2.05, 4.69) is 4.90 Å². The van der Waals surface area contributed by atoms with Crippen molar-refractivity contribution in [3.05, 3.63) is 0 Å². The third-order valence-electron chi connectivity index (χ3n) is 5.36. The summed E-state index contributed by atoms with van der Waals surface area (Å²) in [6.07, 6.45) is 9.13. The van der Waals surface area contributed by atoms with E-state index < -0.39 is 0 Å². The molecule has 1 saturated carbocycles. The van der Waals surface area contributed by atoms with Crippen LogP contribution in [0.25, 0.3) is 0 Å². The van der Waals surface area contributed by atoms with Gasteiger partial charge in [-0.25, -0.2) is 0 Å². The van der Waals surface area contributed by atoms with Crippen LogP contribution in [0.1, 0.15) is 44.9 Å². The van der Waals surface area contributed by atoms with E-state index in [4.69, 9.17) is 4.74 Å². The fourth-order valence-electron chi connectivity index (χ4n) is 4.04. The molecule has 3 rings (SSSR count). The number of rotatable bonds is 2. The van der Waals surface area contributed by atoms with Gasteiger partial charge in [-0.3, -0.25) is 4.90 Å². The molecule has 1 spiro atoms. The Labute approximate surface area is 104 Å². The molecule has 3 heteroatoms. The van der Waals surface area contributed by atoms with E-state index >= 15 is 0 Å². The third-order valence-corrected chi connectivity index (χ3v) is 5.36. The Kier molecular flexibility index (Phi) is 3.18. The Balaban J connectivity index is 1.62. The molecule has 1 N–H and O–H groups in total. The first-order valence-corrected chi connectivity index (χ1v) is 7.22. The average Bonchev–Trinajstić information content (AvgIpc) is 2.38. The van der Waals surface area contributed by atoms with Crippen LogP contribution >= 0.6 is 0 Å². The second kappa shape index (κ2) is 4.52. The van der Waals surface area contributed by atoms with Crippen molar-refractivity contribution < 1.29 is 9.84 Å². The predicted molar refractivity (Wildman–Crippen MR) is 67.0 cm³/mol. The van der Waals surface area contributed by atoms with Crippen LogP contribution < -0.4 is 0 Å². The minimum atomic E-state index is 0.0565. The zero-order valence-corrected chi connectivity index (χ0v) is 10.8. The van der Waals surface area contributed by atoms with Gasteiger partial charge in [0.25, 0.3) is 0 Å². The van der Waals surface area contributed by atoms with Gasteiger partial charge in [-0.05, 0) is 31.1 Å². The molecule has 0 radical (unpaired) electrons. The minimum absolute atomic E-state index is 0.0565. The van der Waals surface area contributed by atoms with Crippen molar-refractivity contribution in [2.45, 2.75) is 50.5 Å². The molecule has 3 fully saturated rings. The summed E-state index contributed by atoms with van der Waals surface area (Å²) in [6, 6.07) is 0. The third kappa shape index (κ3) is 2.02. The highest BCUT2D eigenvalue weighted by Gasteiger charge is 2.51. The van der Waals surface area contributed by atoms with Crippen molar-refractivity contribution in [1.29, 1.82) is 0 Å². The number of aliphatic hydroxyl groups is 1. The summed E-state index contributed by atoms with van der Waals surface area (Å²) in [5.41, 5.74) is 0.680. The van der Waals surface area contributed by atoms with Crippen molar-refractivity contribution in [3.8, 4) is 0 Å². The van der Waals surface area contributed by atoms with Gasteiger partial charge in [0.05, 0.1) is 6.61 Å². The quantitative estimate of drug-likeness (QED) is 0.797. The molecule has 0 aromatic heterocycles. The van der Waals surface area contributed by atoms with Crippen molar-refractivity contribution >= 4 is 0 Å². The van der Waals surface area contributed by atoms with Crippen LogP contribution in [0.5, 0.6) is 0 Å². The first-order valence-electron chi connectivity index (χ1n) is 7.22. The highest BCUT2D eigenvalue weighted by molar-refractivity contribution is 5.05. The van der Waals surface area contributed by atoms with Crippen LogP contribution in [0.3, 0.4) is 0 Å². The monoisotopic (exact) mass is 239 g/mol. The van der Waals surface area contributed by atoms with Gasteiger partial charge in [0.15, 0.2) is 0 Å². The van der Waals surface area contributed by atoms with Crippen LogP contribution in [0, 0.1) is 5.41 Å². The molecule has 1 aliphatic carbocycles.